The molecule has 1 aliphatic carbocycles. The molecule has 0 heterocycles. The van der Waals surface area contributed by atoms with E-state index in [1.807, 2.05) is 0 Å². The molecule has 21 heavy (non-hydrogen) atoms. The van der Waals surface area contributed by atoms with Crippen molar-refractivity contribution in [2.75, 3.05) is 24.7 Å². The number of nitrogens with two attached hydrogens (primary N) is 1. The van der Waals surface area contributed by atoms with Crippen LogP contribution in [0.1, 0.15) is 25.7 Å². The summed E-state index contributed by atoms with van der Waals surface area (Å²) in [7, 11) is -2.21. The highest BCUT2D eigenvalue weighted by Crippen LogP contribution is 2.30. The van der Waals surface area contributed by atoms with Gasteiger partial charge in [-0.3, -0.25) is 0 Å². The van der Waals surface area contributed by atoms with E-state index in [0.717, 1.165) is 25.7 Å². The van der Waals surface area contributed by atoms with Gasteiger partial charge in [-0.2, -0.15) is 0 Å². The van der Waals surface area contributed by atoms with Gasteiger partial charge in [0.25, 0.3) is 0 Å². The van der Waals surface area contributed by atoms with Gasteiger partial charge < -0.3 is 16.2 Å². The Bertz CT molecular complexity index is 589. The maximum Gasteiger partial charge on any atom is 0.242 e. The van der Waals surface area contributed by atoms with E-state index in [-0.39, 0.29) is 23.5 Å². The first-order chi connectivity index (χ1) is 9.97. The Hall–Kier alpha value is -1.31. The lowest BCUT2D eigenvalue weighted by Crippen LogP contribution is -2.35. The van der Waals surface area contributed by atoms with Crippen molar-refractivity contribution in [3.63, 3.8) is 0 Å². The fourth-order valence-electron chi connectivity index (χ4n) is 2.81. The van der Waals surface area contributed by atoms with Crippen LogP contribution in [0.15, 0.2) is 23.1 Å². The number of benzene rings is 1. The Kier molecular flexibility index (Phi) is 5.08. The van der Waals surface area contributed by atoms with Gasteiger partial charge in [-0.25, -0.2) is 13.1 Å². The molecule has 0 radical (unpaired) electrons. The Balaban J connectivity index is 2.31. The molecule has 1 saturated carbocycles. The summed E-state index contributed by atoms with van der Waals surface area (Å²) in [6.45, 7) is 0.112. The maximum absolute atomic E-state index is 12.1. The van der Waals surface area contributed by atoms with Gasteiger partial charge in [0.2, 0.25) is 10.0 Å². The first-order valence-corrected chi connectivity index (χ1v) is 8.66. The largest absolute Gasteiger partial charge is 0.399 e. The number of aliphatic hydroxyl groups is 1. The van der Waals surface area contributed by atoms with Crippen molar-refractivity contribution in [1.82, 2.24) is 4.72 Å². The van der Waals surface area contributed by atoms with Crippen LogP contribution in [0.2, 0.25) is 0 Å². The zero-order chi connectivity index (χ0) is 15.5. The van der Waals surface area contributed by atoms with E-state index in [4.69, 9.17) is 5.73 Å². The van der Waals surface area contributed by atoms with Gasteiger partial charge in [0.15, 0.2) is 0 Å². The molecule has 1 aromatic rings. The number of nitrogen functional groups attached to an aromatic ring is 1. The zero-order valence-corrected chi connectivity index (χ0v) is 13.0. The Morgan fingerprint density at radius 1 is 1.33 bits per heavy atom. The van der Waals surface area contributed by atoms with Crippen LogP contribution in [0, 0.1) is 5.92 Å². The minimum absolute atomic E-state index is 0.0816. The molecule has 0 amide bonds. The molecule has 5 N–H and O–H groups in total. The molecule has 118 valence electrons. The third kappa shape index (κ3) is 3.66. The standard InChI is InChI=1S/C14H23N3O3S/c1-16-21(19,20)14-8-11(15)6-7-13(14)17-12-5-3-2-4-10(12)9-18/h6-8,10,12,16-18H,2-5,9,15H2,1H3. The molecular weight excluding hydrogens is 290 g/mol. The second-order valence-corrected chi connectivity index (χ2v) is 7.30. The highest BCUT2D eigenvalue weighted by molar-refractivity contribution is 7.89. The van der Waals surface area contributed by atoms with Crippen LogP contribution in [0.4, 0.5) is 11.4 Å². The van der Waals surface area contributed by atoms with E-state index in [1.54, 1.807) is 12.1 Å². The summed E-state index contributed by atoms with van der Waals surface area (Å²) in [6.07, 6.45) is 4.07. The zero-order valence-electron chi connectivity index (χ0n) is 12.2. The van der Waals surface area contributed by atoms with Crippen LogP contribution in [0.3, 0.4) is 0 Å². The molecule has 1 aliphatic rings. The lowest BCUT2D eigenvalue weighted by atomic mass is 9.85. The van der Waals surface area contributed by atoms with Crippen molar-refractivity contribution in [2.45, 2.75) is 36.6 Å². The minimum Gasteiger partial charge on any atom is -0.399 e. The van der Waals surface area contributed by atoms with Crippen molar-refractivity contribution < 1.29 is 13.5 Å². The molecule has 0 spiro atoms. The van der Waals surface area contributed by atoms with E-state index in [2.05, 4.69) is 10.0 Å². The van der Waals surface area contributed by atoms with Gasteiger partial charge in [0, 0.05) is 24.3 Å². The average Bonchev–Trinajstić information content (AvgIpc) is 2.49. The van der Waals surface area contributed by atoms with Crippen molar-refractivity contribution in [3.8, 4) is 0 Å². The molecule has 0 aliphatic heterocycles. The number of nitrogens with one attached hydrogen (secondary N) is 2. The van der Waals surface area contributed by atoms with Crippen LogP contribution in [0.25, 0.3) is 0 Å². The summed E-state index contributed by atoms with van der Waals surface area (Å²) in [4.78, 5) is 0.146. The number of hydrogen-bond donors (Lipinski definition) is 4. The van der Waals surface area contributed by atoms with Gasteiger partial charge in [-0.05, 0) is 38.1 Å². The lowest BCUT2D eigenvalue weighted by molar-refractivity contribution is 0.178. The van der Waals surface area contributed by atoms with Crippen molar-refractivity contribution >= 4 is 21.4 Å². The minimum atomic E-state index is -3.58. The number of rotatable bonds is 5. The molecule has 2 atom stereocenters. The number of hydrogen-bond acceptors (Lipinski definition) is 5. The summed E-state index contributed by atoms with van der Waals surface area (Å²) < 4.78 is 26.5. The molecule has 1 aromatic carbocycles. The Morgan fingerprint density at radius 3 is 2.71 bits per heavy atom. The van der Waals surface area contributed by atoms with Crippen LogP contribution >= 0.6 is 0 Å². The smallest absolute Gasteiger partial charge is 0.242 e. The highest BCUT2D eigenvalue weighted by atomic mass is 32.2. The molecule has 0 bridgehead atoms. The van der Waals surface area contributed by atoms with Gasteiger partial charge in [-0.1, -0.05) is 12.8 Å². The third-order valence-electron chi connectivity index (χ3n) is 4.05. The van der Waals surface area contributed by atoms with E-state index in [1.165, 1.54) is 13.1 Å². The van der Waals surface area contributed by atoms with Gasteiger partial charge in [-0.15, -0.1) is 0 Å². The van der Waals surface area contributed by atoms with Gasteiger partial charge >= 0.3 is 0 Å². The van der Waals surface area contributed by atoms with Crippen LogP contribution in [-0.2, 0) is 10.0 Å². The Labute approximate surface area is 125 Å². The quantitative estimate of drug-likeness (QED) is 0.610. The molecular formula is C14H23N3O3S. The maximum atomic E-state index is 12.1. The topological polar surface area (TPSA) is 104 Å². The fraction of sp³-hybridized carbons (Fsp3) is 0.571. The predicted molar refractivity (Wildman–Crippen MR) is 83.6 cm³/mol. The highest BCUT2D eigenvalue weighted by Gasteiger charge is 2.26. The average molecular weight is 313 g/mol. The van der Waals surface area contributed by atoms with Crippen LogP contribution < -0.4 is 15.8 Å². The van der Waals surface area contributed by atoms with Crippen molar-refractivity contribution in [1.29, 1.82) is 0 Å². The van der Waals surface area contributed by atoms with Crippen molar-refractivity contribution in [3.05, 3.63) is 18.2 Å². The predicted octanol–water partition coefficient (Wildman–Crippen LogP) is 1.14. The summed E-state index contributed by atoms with van der Waals surface area (Å²) >= 11 is 0. The van der Waals surface area contributed by atoms with E-state index in [9.17, 15) is 13.5 Å². The summed E-state index contributed by atoms with van der Waals surface area (Å²) in [6, 6.07) is 4.89. The number of sulfonamides is 1. The fourth-order valence-corrected chi connectivity index (χ4v) is 3.73. The molecule has 2 rings (SSSR count). The Morgan fingerprint density at radius 2 is 2.05 bits per heavy atom. The van der Waals surface area contributed by atoms with Gasteiger partial charge in [0.1, 0.15) is 4.90 Å². The van der Waals surface area contributed by atoms with Crippen LogP contribution in [0.5, 0.6) is 0 Å². The lowest BCUT2D eigenvalue weighted by Gasteiger charge is -2.32. The molecule has 0 saturated heterocycles. The molecule has 6 nitrogen and oxygen atoms in total. The summed E-state index contributed by atoms with van der Waals surface area (Å²) in [5, 5.41) is 12.8. The summed E-state index contributed by atoms with van der Waals surface area (Å²) in [5.41, 5.74) is 6.64. The number of anilines is 2. The normalized spacial score (nSPS) is 23.0. The molecule has 7 heteroatoms. The third-order valence-corrected chi connectivity index (χ3v) is 5.50. The van der Waals surface area contributed by atoms with E-state index in [0.29, 0.717) is 11.4 Å². The van der Waals surface area contributed by atoms with Crippen molar-refractivity contribution in [2.24, 2.45) is 5.92 Å². The first kappa shape index (κ1) is 16.1. The summed E-state index contributed by atoms with van der Waals surface area (Å²) in [5.74, 6) is 0.154. The second kappa shape index (κ2) is 6.64. The van der Waals surface area contributed by atoms with Crippen LogP contribution in [-0.4, -0.2) is 33.2 Å². The first-order valence-electron chi connectivity index (χ1n) is 7.18. The molecule has 0 aromatic heterocycles. The monoisotopic (exact) mass is 313 g/mol. The second-order valence-electron chi connectivity index (χ2n) is 5.44. The number of aliphatic hydroxyl groups excluding tert-OH is 1. The molecule has 1 fully saturated rings. The SMILES string of the molecule is CNS(=O)(=O)c1cc(N)ccc1NC1CCCCC1CO. The van der Waals surface area contributed by atoms with Gasteiger partial charge in [0.05, 0.1) is 5.69 Å². The molecule has 2 unspecified atom stereocenters. The van der Waals surface area contributed by atoms with E-state index >= 15 is 0 Å². The van der Waals surface area contributed by atoms with E-state index < -0.39 is 10.0 Å².